The lowest BCUT2D eigenvalue weighted by Gasteiger charge is -2.04. The second kappa shape index (κ2) is 6.66. The van der Waals surface area contributed by atoms with Crippen molar-refractivity contribution in [2.75, 3.05) is 5.84 Å². The van der Waals surface area contributed by atoms with Gasteiger partial charge in [0.1, 0.15) is 5.82 Å². The van der Waals surface area contributed by atoms with Crippen molar-refractivity contribution in [2.45, 2.75) is 17.8 Å². The minimum atomic E-state index is 0.631. The molecule has 2 aromatic heterocycles. The van der Waals surface area contributed by atoms with E-state index in [9.17, 15) is 0 Å². The Labute approximate surface area is 160 Å². The number of nitrogens with two attached hydrogens (primary N) is 1. The minimum absolute atomic E-state index is 0.631. The molecule has 26 heavy (non-hydrogen) atoms. The van der Waals surface area contributed by atoms with Crippen LogP contribution in [0.15, 0.2) is 47.6 Å². The van der Waals surface area contributed by atoms with E-state index in [0.29, 0.717) is 21.8 Å². The molecule has 0 spiro atoms. The molecule has 0 aliphatic carbocycles. The fourth-order valence-corrected chi connectivity index (χ4v) is 3.76. The van der Waals surface area contributed by atoms with Crippen LogP contribution in [0.25, 0.3) is 22.4 Å². The van der Waals surface area contributed by atoms with Gasteiger partial charge in [-0.2, -0.15) is 0 Å². The second-order valence-electron chi connectivity index (χ2n) is 6.05. The summed E-state index contributed by atoms with van der Waals surface area (Å²) in [6, 6.07) is 13.8. The van der Waals surface area contributed by atoms with E-state index in [1.54, 1.807) is 0 Å². The second-order valence-corrected chi connectivity index (χ2v) is 7.43. The Morgan fingerprint density at radius 3 is 2.65 bits per heavy atom. The molecule has 0 bridgehead atoms. The third-order valence-corrected chi connectivity index (χ3v) is 5.41. The van der Waals surface area contributed by atoms with Gasteiger partial charge >= 0.3 is 0 Å². The van der Waals surface area contributed by atoms with Crippen LogP contribution in [0.4, 0.5) is 0 Å². The van der Waals surface area contributed by atoms with E-state index < -0.39 is 0 Å². The van der Waals surface area contributed by atoms with E-state index >= 15 is 0 Å². The Balaban J connectivity index is 1.57. The van der Waals surface area contributed by atoms with Crippen molar-refractivity contribution in [3.05, 3.63) is 58.9 Å². The van der Waals surface area contributed by atoms with Crippen LogP contribution < -0.4 is 5.84 Å². The molecule has 0 aliphatic rings. The predicted molar refractivity (Wildman–Crippen MR) is 106 cm³/mol. The first-order chi connectivity index (χ1) is 12.5. The number of halogens is 1. The lowest BCUT2D eigenvalue weighted by Crippen LogP contribution is -2.11. The van der Waals surface area contributed by atoms with Gasteiger partial charge in [0.25, 0.3) is 0 Å². The monoisotopic (exact) mass is 384 g/mol. The number of thioether (sulfide) groups is 1. The number of nitrogens with zero attached hydrogens (tertiary/aromatic N) is 5. The number of benzene rings is 2. The quantitative estimate of drug-likeness (QED) is 0.428. The molecule has 2 N–H and O–H groups in total. The van der Waals surface area contributed by atoms with Gasteiger partial charge in [-0.15, -0.1) is 10.2 Å². The number of hydrogen-bond acceptors (Lipinski definition) is 5. The molecule has 4 rings (SSSR count). The SMILES string of the molecule is Cc1ccc(-c2nnc(SCc3nc4cc(Cl)ccc4n3C)n2N)cc1. The Kier molecular flexibility index (Phi) is 4.34. The molecular formula is C18H17ClN6S. The third-order valence-electron chi connectivity index (χ3n) is 4.24. The van der Waals surface area contributed by atoms with Crippen molar-refractivity contribution >= 4 is 34.4 Å². The van der Waals surface area contributed by atoms with Crippen LogP contribution in [0, 0.1) is 6.92 Å². The molecule has 0 amide bonds. The van der Waals surface area contributed by atoms with Crippen molar-refractivity contribution in [1.29, 1.82) is 0 Å². The highest BCUT2D eigenvalue weighted by Gasteiger charge is 2.14. The van der Waals surface area contributed by atoms with E-state index in [0.717, 1.165) is 22.4 Å². The van der Waals surface area contributed by atoms with Gasteiger partial charge in [-0.25, -0.2) is 9.66 Å². The molecule has 2 heterocycles. The van der Waals surface area contributed by atoms with Crippen LogP contribution in [0.3, 0.4) is 0 Å². The van der Waals surface area contributed by atoms with Crippen molar-refractivity contribution < 1.29 is 0 Å². The molecule has 8 heteroatoms. The molecule has 0 radical (unpaired) electrons. The largest absolute Gasteiger partial charge is 0.335 e. The van der Waals surface area contributed by atoms with Gasteiger partial charge in [0.05, 0.1) is 16.8 Å². The number of aryl methyl sites for hydroxylation is 2. The summed E-state index contributed by atoms with van der Waals surface area (Å²) >= 11 is 7.55. The van der Waals surface area contributed by atoms with Gasteiger partial charge < -0.3 is 10.4 Å². The summed E-state index contributed by atoms with van der Waals surface area (Å²) in [5.41, 5.74) is 4.05. The number of nitrogen functional groups attached to an aromatic ring is 1. The highest BCUT2D eigenvalue weighted by molar-refractivity contribution is 7.98. The van der Waals surface area contributed by atoms with E-state index in [1.165, 1.54) is 22.0 Å². The van der Waals surface area contributed by atoms with Crippen LogP contribution in [0.2, 0.25) is 5.02 Å². The topological polar surface area (TPSA) is 74.5 Å². The average molecular weight is 385 g/mol. The first kappa shape index (κ1) is 16.9. The van der Waals surface area contributed by atoms with E-state index in [2.05, 4.69) is 19.7 Å². The summed E-state index contributed by atoms with van der Waals surface area (Å²) in [4.78, 5) is 4.65. The molecule has 132 valence electrons. The Hall–Kier alpha value is -2.51. The fraction of sp³-hybridized carbons (Fsp3) is 0.167. The molecule has 4 aromatic rings. The molecule has 6 nitrogen and oxygen atoms in total. The number of fused-ring (bicyclic) bond motifs is 1. The van der Waals surface area contributed by atoms with E-state index in [1.807, 2.05) is 56.4 Å². The lowest BCUT2D eigenvalue weighted by atomic mass is 10.1. The zero-order valence-electron chi connectivity index (χ0n) is 14.3. The van der Waals surface area contributed by atoms with Crippen molar-refractivity contribution in [3.63, 3.8) is 0 Å². The minimum Gasteiger partial charge on any atom is -0.335 e. The molecule has 0 aliphatic heterocycles. The highest BCUT2D eigenvalue weighted by atomic mass is 35.5. The standard InChI is InChI=1S/C18H17ClN6S/c1-11-3-5-12(6-4-11)17-22-23-18(25(17)20)26-10-16-21-14-9-13(19)7-8-15(14)24(16)2/h3-9H,10,20H2,1-2H3. The van der Waals surface area contributed by atoms with Gasteiger partial charge in [-0.3, -0.25) is 0 Å². The highest BCUT2D eigenvalue weighted by Crippen LogP contribution is 2.26. The maximum atomic E-state index is 6.20. The smallest absolute Gasteiger partial charge is 0.210 e. The lowest BCUT2D eigenvalue weighted by molar-refractivity contribution is 0.840. The predicted octanol–water partition coefficient (Wildman–Crippen LogP) is 3.80. The first-order valence-electron chi connectivity index (χ1n) is 8.04. The van der Waals surface area contributed by atoms with Crippen LogP contribution in [0.5, 0.6) is 0 Å². The van der Waals surface area contributed by atoms with Crippen LogP contribution in [0.1, 0.15) is 11.4 Å². The molecule has 0 saturated carbocycles. The number of aromatic nitrogens is 5. The normalized spacial score (nSPS) is 11.3. The molecule has 0 saturated heterocycles. The Morgan fingerprint density at radius 1 is 1.12 bits per heavy atom. The molecule has 0 atom stereocenters. The Morgan fingerprint density at radius 2 is 1.88 bits per heavy atom. The van der Waals surface area contributed by atoms with Gasteiger partial charge in [0.15, 0.2) is 5.82 Å². The maximum Gasteiger partial charge on any atom is 0.210 e. The first-order valence-corrected chi connectivity index (χ1v) is 9.40. The van der Waals surface area contributed by atoms with Crippen molar-refractivity contribution in [1.82, 2.24) is 24.4 Å². The summed E-state index contributed by atoms with van der Waals surface area (Å²) in [5.74, 6) is 8.39. The fourth-order valence-electron chi connectivity index (χ4n) is 2.76. The number of rotatable bonds is 4. The summed E-state index contributed by atoms with van der Waals surface area (Å²) in [6.45, 7) is 2.04. The van der Waals surface area contributed by atoms with Gasteiger partial charge in [0, 0.05) is 17.6 Å². The third kappa shape index (κ3) is 3.04. The summed E-state index contributed by atoms with van der Waals surface area (Å²) in [5, 5.41) is 9.77. The summed E-state index contributed by atoms with van der Waals surface area (Å²) in [7, 11) is 1.99. The van der Waals surface area contributed by atoms with Crippen molar-refractivity contribution in [2.24, 2.45) is 7.05 Å². The zero-order chi connectivity index (χ0) is 18.3. The van der Waals surface area contributed by atoms with Crippen LogP contribution >= 0.6 is 23.4 Å². The molecule has 0 fully saturated rings. The zero-order valence-corrected chi connectivity index (χ0v) is 15.9. The van der Waals surface area contributed by atoms with E-state index in [-0.39, 0.29) is 0 Å². The number of imidazole rings is 1. The summed E-state index contributed by atoms with van der Waals surface area (Å²) in [6.07, 6.45) is 0. The van der Waals surface area contributed by atoms with Gasteiger partial charge in [0.2, 0.25) is 5.16 Å². The molecule has 2 aromatic carbocycles. The maximum absolute atomic E-state index is 6.20. The van der Waals surface area contributed by atoms with Crippen LogP contribution in [-0.4, -0.2) is 24.4 Å². The molecular weight excluding hydrogens is 368 g/mol. The Bertz CT molecular complexity index is 1080. The molecule has 0 unspecified atom stereocenters. The summed E-state index contributed by atoms with van der Waals surface area (Å²) < 4.78 is 3.58. The average Bonchev–Trinajstić information content (AvgIpc) is 3.14. The van der Waals surface area contributed by atoms with Crippen LogP contribution in [-0.2, 0) is 12.8 Å². The van der Waals surface area contributed by atoms with Crippen molar-refractivity contribution in [3.8, 4) is 11.4 Å². The van der Waals surface area contributed by atoms with E-state index in [4.69, 9.17) is 17.4 Å². The van der Waals surface area contributed by atoms with Gasteiger partial charge in [-0.05, 0) is 25.1 Å². The number of hydrogen-bond donors (Lipinski definition) is 1. The van der Waals surface area contributed by atoms with Gasteiger partial charge in [-0.1, -0.05) is 53.2 Å².